The van der Waals surface area contributed by atoms with Crippen molar-refractivity contribution in [2.75, 3.05) is 33.7 Å². The molecule has 1 heterocycles. The van der Waals surface area contributed by atoms with Gasteiger partial charge >= 0.3 is 0 Å². The highest BCUT2D eigenvalue weighted by Crippen LogP contribution is 2.36. The van der Waals surface area contributed by atoms with E-state index in [1.54, 1.807) is 38.1 Å². The Balaban J connectivity index is 2.36. The second kappa shape index (κ2) is 6.89. The Kier molecular flexibility index (Phi) is 4.94. The Bertz CT molecular complexity index is 599. The van der Waals surface area contributed by atoms with Gasteiger partial charge in [0.1, 0.15) is 0 Å². The molecule has 1 aromatic heterocycles. The smallest absolute Gasteiger partial charge is 0.184 e. The van der Waals surface area contributed by atoms with Gasteiger partial charge in [-0.15, -0.1) is 5.10 Å². The van der Waals surface area contributed by atoms with Crippen LogP contribution < -0.4 is 15.2 Å². The molecule has 0 spiro atoms. The highest BCUT2D eigenvalue weighted by atomic mass is 16.5. The number of nitrogens with two attached hydrogens (primary N) is 1. The van der Waals surface area contributed by atoms with E-state index in [-0.39, 0.29) is 0 Å². The molecular formula is C13H19N5O3. The SMILES string of the molecule is COCCCn1nnnc1-c1cc(OC)c(OC)cc1N. The molecule has 2 N–H and O–H groups in total. The fraction of sp³-hybridized carbons (Fsp3) is 0.462. The van der Waals surface area contributed by atoms with E-state index in [1.807, 2.05) is 0 Å². The molecule has 0 unspecified atom stereocenters. The number of anilines is 1. The van der Waals surface area contributed by atoms with Gasteiger partial charge in [-0.2, -0.15) is 0 Å². The number of tetrazole rings is 1. The predicted molar refractivity (Wildman–Crippen MR) is 77.3 cm³/mol. The van der Waals surface area contributed by atoms with Crippen molar-refractivity contribution in [2.24, 2.45) is 0 Å². The zero-order valence-electron chi connectivity index (χ0n) is 12.4. The van der Waals surface area contributed by atoms with E-state index in [1.165, 1.54) is 0 Å². The number of nitrogens with zero attached hydrogens (tertiary/aromatic N) is 4. The topological polar surface area (TPSA) is 97.3 Å². The van der Waals surface area contributed by atoms with E-state index < -0.39 is 0 Å². The molecule has 21 heavy (non-hydrogen) atoms. The summed E-state index contributed by atoms with van der Waals surface area (Å²) in [6, 6.07) is 3.47. The fourth-order valence-electron chi connectivity index (χ4n) is 2.00. The van der Waals surface area contributed by atoms with Crippen LogP contribution >= 0.6 is 0 Å². The average molecular weight is 293 g/mol. The second-order valence-corrected chi connectivity index (χ2v) is 4.37. The largest absolute Gasteiger partial charge is 0.493 e. The first-order valence-corrected chi connectivity index (χ1v) is 6.48. The number of hydrogen-bond acceptors (Lipinski definition) is 7. The molecule has 0 aliphatic carbocycles. The minimum Gasteiger partial charge on any atom is -0.493 e. The van der Waals surface area contributed by atoms with Gasteiger partial charge in [0.05, 0.1) is 14.2 Å². The molecule has 0 saturated carbocycles. The molecule has 1 aromatic carbocycles. The number of methoxy groups -OCH3 is 3. The van der Waals surface area contributed by atoms with Crippen molar-refractivity contribution < 1.29 is 14.2 Å². The van der Waals surface area contributed by atoms with E-state index >= 15 is 0 Å². The van der Waals surface area contributed by atoms with Crippen molar-refractivity contribution in [3.05, 3.63) is 12.1 Å². The van der Waals surface area contributed by atoms with Crippen molar-refractivity contribution in [2.45, 2.75) is 13.0 Å². The zero-order chi connectivity index (χ0) is 15.2. The fourth-order valence-corrected chi connectivity index (χ4v) is 2.00. The highest BCUT2D eigenvalue weighted by molar-refractivity contribution is 5.75. The summed E-state index contributed by atoms with van der Waals surface area (Å²) < 4.78 is 17.2. The van der Waals surface area contributed by atoms with Crippen LogP contribution in [0.1, 0.15) is 6.42 Å². The number of hydrogen-bond donors (Lipinski definition) is 1. The van der Waals surface area contributed by atoms with Crippen LogP contribution in [0.25, 0.3) is 11.4 Å². The van der Waals surface area contributed by atoms with E-state index in [0.29, 0.717) is 41.7 Å². The van der Waals surface area contributed by atoms with Gasteiger partial charge in [0.25, 0.3) is 0 Å². The van der Waals surface area contributed by atoms with E-state index in [4.69, 9.17) is 19.9 Å². The molecule has 0 fully saturated rings. The Morgan fingerprint density at radius 2 is 1.86 bits per heavy atom. The summed E-state index contributed by atoms with van der Waals surface area (Å²) in [6.07, 6.45) is 0.807. The summed E-state index contributed by atoms with van der Waals surface area (Å²) in [5.74, 6) is 1.73. The third-order valence-electron chi connectivity index (χ3n) is 3.05. The standard InChI is InChI=1S/C13H19N5O3/c1-19-6-4-5-18-13(15-16-17-18)9-7-11(20-2)12(21-3)8-10(9)14/h7-8H,4-6,14H2,1-3H3. The molecular weight excluding hydrogens is 274 g/mol. The summed E-state index contributed by atoms with van der Waals surface area (Å²) >= 11 is 0. The van der Waals surface area contributed by atoms with E-state index in [0.717, 1.165) is 6.42 Å². The predicted octanol–water partition coefficient (Wildman–Crippen LogP) is 0.976. The molecule has 0 saturated heterocycles. The maximum atomic E-state index is 6.07. The van der Waals surface area contributed by atoms with Gasteiger partial charge in [-0.1, -0.05) is 0 Å². The van der Waals surface area contributed by atoms with Crippen molar-refractivity contribution in [3.63, 3.8) is 0 Å². The molecule has 0 atom stereocenters. The molecule has 114 valence electrons. The van der Waals surface area contributed by atoms with Crippen LogP contribution in [0.3, 0.4) is 0 Å². The second-order valence-electron chi connectivity index (χ2n) is 4.37. The van der Waals surface area contributed by atoms with Gasteiger partial charge in [-0.05, 0) is 22.9 Å². The third kappa shape index (κ3) is 3.22. The lowest BCUT2D eigenvalue weighted by Crippen LogP contribution is -2.07. The number of aromatic nitrogens is 4. The first-order chi connectivity index (χ1) is 10.2. The number of aryl methyl sites for hydroxylation is 1. The third-order valence-corrected chi connectivity index (χ3v) is 3.05. The van der Waals surface area contributed by atoms with Crippen LogP contribution in [-0.2, 0) is 11.3 Å². The van der Waals surface area contributed by atoms with Gasteiger partial charge in [0.15, 0.2) is 17.3 Å². The lowest BCUT2D eigenvalue weighted by atomic mass is 10.1. The molecule has 0 radical (unpaired) electrons. The van der Waals surface area contributed by atoms with Crippen LogP contribution in [-0.4, -0.2) is 48.1 Å². The summed E-state index contributed by atoms with van der Waals surface area (Å²) in [5.41, 5.74) is 7.29. The van der Waals surface area contributed by atoms with Crippen molar-refractivity contribution in [3.8, 4) is 22.9 Å². The molecule has 2 aromatic rings. The average Bonchev–Trinajstić information content (AvgIpc) is 2.95. The van der Waals surface area contributed by atoms with E-state index in [9.17, 15) is 0 Å². The van der Waals surface area contributed by atoms with Crippen molar-refractivity contribution in [1.82, 2.24) is 20.2 Å². The molecule has 8 nitrogen and oxygen atoms in total. The van der Waals surface area contributed by atoms with Crippen LogP contribution in [0.15, 0.2) is 12.1 Å². The zero-order valence-corrected chi connectivity index (χ0v) is 12.4. The molecule has 2 rings (SSSR count). The maximum Gasteiger partial charge on any atom is 0.184 e. The summed E-state index contributed by atoms with van der Waals surface area (Å²) in [6.45, 7) is 1.28. The Hall–Kier alpha value is -2.35. The molecule has 0 aliphatic heterocycles. The van der Waals surface area contributed by atoms with Gasteiger partial charge in [0, 0.05) is 37.6 Å². The van der Waals surface area contributed by atoms with Crippen LogP contribution in [0.2, 0.25) is 0 Å². The number of nitrogen functional groups attached to an aromatic ring is 1. The van der Waals surface area contributed by atoms with Gasteiger partial charge in [-0.25, -0.2) is 4.68 Å². The molecule has 0 amide bonds. The normalized spacial score (nSPS) is 10.6. The first-order valence-electron chi connectivity index (χ1n) is 6.48. The van der Waals surface area contributed by atoms with Gasteiger partial charge in [0.2, 0.25) is 0 Å². The Morgan fingerprint density at radius 3 is 2.52 bits per heavy atom. The van der Waals surface area contributed by atoms with Crippen LogP contribution in [0.5, 0.6) is 11.5 Å². The van der Waals surface area contributed by atoms with Crippen molar-refractivity contribution in [1.29, 1.82) is 0 Å². The minimum atomic E-state index is 0.524. The Morgan fingerprint density at radius 1 is 1.14 bits per heavy atom. The summed E-state index contributed by atoms with van der Waals surface area (Å²) in [4.78, 5) is 0. The summed E-state index contributed by atoms with van der Waals surface area (Å²) in [5, 5.41) is 11.7. The molecule has 8 heteroatoms. The van der Waals surface area contributed by atoms with Gasteiger partial charge < -0.3 is 19.9 Å². The number of ether oxygens (including phenoxy) is 3. The van der Waals surface area contributed by atoms with Gasteiger partial charge in [-0.3, -0.25) is 0 Å². The highest BCUT2D eigenvalue weighted by Gasteiger charge is 2.16. The monoisotopic (exact) mass is 293 g/mol. The lowest BCUT2D eigenvalue weighted by molar-refractivity contribution is 0.189. The van der Waals surface area contributed by atoms with Crippen molar-refractivity contribution >= 4 is 5.69 Å². The van der Waals surface area contributed by atoms with E-state index in [2.05, 4.69) is 15.5 Å². The first kappa shape index (κ1) is 15.0. The minimum absolute atomic E-state index is 0.524. The Labute approximate surface area is 122 Å². The number of rotatable bonds is 7. The van der Waals surface area contributed by atoms with Crippen LogP contribution in [0, 0.1) is 0 Å². The quantitative estimate of drug-likeness (QED) is 0.600. The maximum absolute atomic E-state index is 6.07. The van der Waals surface area contributed by atoms with Crippen LogP contribution in [0.4, 0.5) is 5.69 Å². The number of benzene rings is 1. The summed E-state index contributed by atoms with van der Waals surface area (Å²) in [7, 11) is 4.79. The molecule has 0 aliphatic rings. The lowest BCUT2D eigenvalue weighted by Gasteiger charge is -2.12. The molecule has 0 bridgehead atoms.